The van der Waals surface area contributed by atoms with Crippen LogP contribution in [-0.4, -0.2) is 21.9 Å². The molecule has 1 aromatic carbocycles. The number of hydrogen-bond donors (Lipinski definition) is 4. The molecular weight excluding hydrogens is 232 g/mol. The van der Waals surface area contributed by atoms with E-state index in [9.17, 15) is 9.59 Å². The first-order chi connectivity index (χ1) is 8.47. The Hall–Kier alpha value is -2.08. The Morgan fingerprint density at radius 2 is 1.94 bits per heavy atom. The molecule has 0 radical (unpaired) electrons. The highest BCUT2D eigenvalue weighted by Crippen LogP contribution is 2.15. The second kappa shape index (κ2) is 4.66. The molecule has 0 aliphatic carbocycles. The van der Waals surface area contributed by atoms with Crippen molar-refractivity contribution in [1.29, 1.82) is 0 Å². The van der Waals surface area contributed by atoms with Crippen LogP contribution in [0.25, 0.3) is 11.0 Å². The molecule has 0 saturated carbocycles. The van der Waals surface area contributed by atoms with E-state index >= 15 is 0 Å². The van der Waals surface area contributed by atoms with E-state index in [0.29, 0.717) is 16.7 Å². The molecule has 0 fully saturated rings. The van der Waals surface area contributed by atoms with Gasteiger partial charge >= 0.3 is 5.69 Å². The molecule has 6 nitrogen and oxygen atoms in total. The second-order valence-electron chi connectivity index (χ2n) is 4.60. The summed E-state index contributed by atoms with van der Waals surface area (Å²) in [5.41, 5.74) is 7.44. The lowest BCUT2D eigenvalue weighted by Crippen LogP contribution is -2.39. The number of nitrogens with one attached hydrogen (secondary N) is 3. The van der Waals surface area contributed by atoms with E-state index in [-0.39, 0.29) is 17.5 Å². The number of rotatable bonds is 3. The summed E-state index contributed by atoms with van der Waals surface area (Å²) >= 11 is 0. The number of fused-ring (bicyclic) bond motifs is 1. The van der Waals surface area contributed by atoms with Crippen LogP contribution >= 0.6 is 0 Å². The molecule has 6 heteroatoms. The van der Waals surface area contributed by atoms with Crippen molar-refractivity contribution in [2.24, 2.45) is 11.7 Å². The minimum atomic E-state index is -0.550. The number of carbonyl (C=O) groups is 1. The van der Waals surface area contributed by atoms with Gasteiger partial charge in [0.1, 0.15) is 0 Å². The first-order valence-corrected chi connectivity index (χ1v) is 5.76. The fourth-order valence-corrected chi connectivity index (χ4v) is 1.64. The monoisotopic (exact) mass is 248 g/mol. The molecular formula is C12H16N4O2. The maximum atomic E-state index is 11.8. The molecule has 96 valence electrons. The highest BCUT2D eigenvalue weighted by molar-refractivity contribution is 5.96. The van der Waals surface area contributed by atoms with Gasteiger partial charge < -0.3 is 21.0 Å². The molecule has 2 aromatic rings. The van der Waals surface area contributed by atoms with Crippen molar-refractivity contribution in [1.82, 2.24) is 9.97 Å². The summed E-state index contributed by atoms with van der Waals surface area (Å²) in [6, 6.07) is 4.59. The number of anilines is 1. The van der Waals surface area contributed by atoms with Gasteiger partial charge in [-0.05, 0) is 24.1 Å². The van der Waals surface area contributed by atoms with Gasteiger partial charge in [0, 0.05) is 5.69 Å². The van der Waals surface area contributed by atoms with Crippen molar-refractivity contribution in [2.75, 3.05) is 5.32 Å². The molecule has 0 saturated heterocycles. The SMILES string of the molecule is CC(C)[C@@H](N)C(=O)Nc1ccc2[nH]c(=O)[nH]c2c1. The number of imidazole rings is 1. The number of hydrogen-bond acceptors (Lipinski definition) is 3. The molecule has 0 unspecified atom stereocenters. The van der Waals surface area contributed by atoms with E-state index in [1.165, 1.54) is 0 Å². The van der Waals surface area contributed by atoms with Crippen LogP contribution in [0.1, 0.15) is 13.8 Å². The molecule has 0 aliphatic rings. The Labute approximate surface area is 104 Å². The minimum absolute atomic E-state index is 0.0702. The van der Waals surface area contributed by atoms with Gasteiger partial charge in [-0.1, -0.05) is 13.8 Å². The van der Waals surface area contributed by atoms with Crippen molar-refractivity contribution in [2.45, 2.75) is 19.9 Å². The van der Waals surface area contributed by atoms with Crippen molar-refractivity contribution in [3.05, 3.63) is 28.7 Å². The van der Waals surface area contributed by atoms with Crippen LogP contribution in [0.15, 0.2) is 23.0 Å². The van der Waals surface area contributed by atoms with Crippen molar-refractivity contribution < 1.29 is 4.79 Å². The fourth-order valence-electron chi connectivity index (χ4n) is 1.64. The molecule has 0 spiro atoms. The van der Waals surface area contributed by atoms with Gasteiger partial charge in [-0.25, -0.2) is 4.79 Å². The molecule has 5 N–H and O–H groups in total. The second-order valence-corrected chi connectivity index (χ2v) is 4.60. The van der Waals surface area contributed by atoms with E-state index < -0.39 is 6.04 Å². The van der Waals surface area contributed by atoms with E-state index in [2.05, 4.69) is 15.3 Å². The number of H-pyrrole nitrogens is 2. The van der Waals surface area contributed by atoms with Crippen LogP contribution in [0.5, 0.6) is 0 Å². The van der Waals surface area contributed by atoms with Crippen LogP contribution in [0.4, 0.5) is 5.69 Å². The molecule has 1 amide bonds. The first-order valence-electron chi connectivity index (χ1n) is 5.76. The zero-order chi connectivity index (χ0) is 13.3. The Morgan fingerprint density at radius 1 is 1.28 bits per heavy atom. The van der Waals surface area contributed by atoms with E-state index in [0.717, 1.165) is 0 Å². The summed E-state index contributed by atoms with van der Waals surface area (Å²) in [4.78, 5) is 28.1. The molecule has 2 rings (SSSR count). The molecule has 0 bridgehead atoms. The summed E-state index contributed by atoms with van der Waals surface area (Å²) in [7, 11) is 0. The van der Waals surface area contributed by atoms with E-state index in [4.69, 9.17) is 5.73 Å². The number of benzene rings is 1. The van der Waals surface area contributed by atoms with Crippen molar-refractivity contribution in [3.63, 3.8) is 0 Å². The largest absolute Gasteiger partial charge is 0.325 e. The van der Waals surface area contributed by atoms with Crippen LogP contribution in [0.2, 0.25) is 0 Å². The third-order valence-electron chi connectivity index (χ3n) is 2.80. The standard InChI is InChI=1S/C12H16N4O2/c1-6(2)10(13)11(17)14-7-3-4-8-9(5-7)16-12(18)15-8/h3-6,10H,13H2,1-2H3,(H,14,17)(H2,15,16,18)/t10-/m1/s1. The van der Waals surface area contributed by atoms with Gasteiger partial charge in [-0.15, -0.1) is 0 Å². The zero-order valence-corrected chi connectivity index (χ0v) is 10.3. The Balaban J connectivity index is 2.21. The smallest absolute Gasteiger partial charge is 0.323 e. The lowest BCUT2D eigenvalue weighted by atomic mass is 10.0. The van der Waals surface area contributed by atoms with Gasteiger partial charge in [0.05, 0.1) is 17.1 Å². The van der Waals surface area contributed by atoms with E-state index in [1.54, 1.807) is 18.2 Å². The predicted octanol–water partition coefficient (Wildman–Crippen LogP) is 0.778. The van der Waals surface area contributed by atoms with Gasteiger partial charge in [0.25, 0.3) is 0 Å². The summed E-state index contributed by atoms with van der Waals surface area (Å²) in [5, 5.41) is 2.72. The van der Waals surface area contributed by atoms with E-state index in [1.807, 2.05) is 13.8 Å². The molecule has 1 aromatic heterocycles. The topological polar surface area (TPSA) is 104 Å². The number of aromatic nitrogens is 2. The Morgan fingerprint density at radius 3 is 2.61 bits per heavy atom. The Kier molecular flexibility index (Phi) is 3.20. The van der Waals surface area contributed by atoms with Crippen molar-refractivity contribution >= 4 is 22.6 Å². The molecule has 0 aliphatic heterocycles. The van der Waals surface area contributed by atoms with Crippen LogP contribution in [-0.2, 0) is 4.79 Å². The molecule has 1 heterocycles. The maximum absolute atomic E-state index is 11.8. The molecule has 18 heavy (non-hydrogen) atoms. The lowest BCUT2D eigenvalue weighted by molar-refractivity contribution is -0.118. The van der Waals surface area contributed by atoms with Gasteiger partial charge in [0.2, 0.25) is 5.91 Å². The Bertz CT molecular complexity index is 626. The summed E-state index contributed by atoms with van der Waals surface area (Å²) in [6.07, 6.45) is 0. The number of amides is 1. The van der Waals surface area contributed by atoms with Gasteiger partial charge in [-0.2, -0.15) is 0 Å². The molecule has 1 atom stereocenters. The van der Waals surface area contributed by atoms with Crippen LogP contribution < -0.4 is 16.7 Å². The number of nitrogens with two attached hydrogens (primary N) is 1. The van der Waals surface area contributed by atoms with Gasteiger partial charge in [-0.3, -0.25) is 4.79 Å². The third-order valence-corrected chi connectivity index (χ3v) is 2.80. The third kappa shape index (κ3) is 2.43. The summed E-state index contributed by atoms with van der Waals surface area (Å²) < 4.78 is 0. The predicted molar refractivity (Wildman–Crippen MR) is 70.4 cm³/mol. The highest BCUT2D eigenvalue weighted by Gasteiger charge is 2.17. The summed E-state index contributed by atoms with van der Waals surface area (Å²) in [6.45, 7) is 3.77. The van der Waals surface area contributed by atoms with Crippen LogP contribution in [0, 0.1) is 5.92 Å². The fraction of sp³-hybridized carbons (Fsp3) is 0.333. The zero-order valence-electron chi connectivity index (χ0n) is 10.3. The normalized spacial score (nSPS) is 12.9. The van der Waals surface area contributed by atoms with Crippen LogP contribution in [0.3, 0.4) is 0 Å². The summed E-state index contributed by atoms with van der Waals surface area (Å²) in [5.74, 6) is -0.164. The average Bonchev–Trinajstić information content (AvgIpc) is 2.67. The average molecular weight is 248 g/mol. The number of aromatic amines is 2. The lowest BCUT2D eigenvalue weighted by Gasteiger charge is -2.15. The maximum Gasteiger partial charge on any atom is 0.323 e. The minimum Gasteiger partial charge on any atom is -0.325 e. The first kappa shape index (κ1) is 12.4. The van der Waals surface area contributed by atoms with Gasteiger partial charge in [0.15, 0.2) is 0 Å². The quantitative estimate of drug-likeness (QED) is 0.645. The highest BCUT2D eigenvalue weighted by atomic mass is 16.2. The number of carbonyl (C=O) groups excluding carboxylic acids is 1. The van der Waals surface area contributed by atoms with Crippen molar-refractivity contribution in [3.8, 4) is 0 Å².